The van der Waals surface area contributed by atoms with Crippen LogP contribution in [0.5, 0.6) is 0 Å². The quantitative estimate of drug-likeness (QED) is 0.802. The van der Waals surface area contributed by atoms with Gasteiger partial charge < -0.3 is 9.80 Å². The normalized spacial score (nSPS) is 20.7. The Morgan fingerprint density at radius 3 is 2.20 bits per heavy atom. The Morgan fingerprint density at radius 2 is 1.60 bits per heavy atom. The van der Waals surface area contributed by atoms with Crippen LogP contribution in [0.4, 0.5) is 0 Å². The molecule has 0 aromatic heterocycles. The Bertz CT molecular complexity index is 860. The number of amides is 2. The van der Waals surface area contributed by atoms with Crippen molar-refractivity contribution < 1.29 is 9.59 Å². The first kappa shape index (κ1) is 20.6. The zero-order chi connectivity index (χ0) is 21.0. The molecule has 1 N–H and O–H groups in total. The van der Waals surface area contributed by atoms with E-state index in [0.29, 0.717) is 32.5 Å². The van der Waals surface area contributed by atoms with Crippen molar-refractivity contribution in [2.45, 2.75) is 57.3 Å². The van der Waals surface area contributed by atoms with Crippen LogP contribution in [0.25, 0.3) is 0 Å². The Labute approximate surface area is 179 Å². The Morgan fingerprint density at radius 1 is 1.00 bits per heavy atom. The van der Waals surface area contributed by atoms with E-state index in [9.17, 15) is 9.59 Å². The van der Waals surface area contributed by atoms with Gasteiger partial charge in [-0.3, -0.25) is 14.9 Å². The minimum atomic E-state index is -0.380. The first-order valence-electron chi connectivity index (χ1n) is 11.1. The van der Waals surface area contributed by atoms with E-state index in [1.54, 1.807) is 0 Å². The van der Waals surface area contributed by atoms with Crippen LogP contribution in [-0.2, 0) is 22.6 Å². The number of carbonyl (C=O) groups is 2. The molecule has 1 atom stereocenters. The molecule has 4 rings (SSSR count). The summed E-state index contributed by atoms with van der Waals surface area (Å²) in [6.07, 6.45) is 3.70. The maximum Gasteiger partial charge on any atom is 0.241 e. The van der Waals surface area contributed by atoms with Gasteiger partial charge in [-0.05, 0) is 24.0 Å². The van der Waals surface area contributed by atoms with Crippen LogP contribution in [-0.4, -0.2) is 46.4 Å². The third-order valence-electron chi connectivity index (χ3n) is 6.40. The van der Waals surface area contributed by atoms with Crippen molar-refractivity contribution in [2.24, 2.45) is 0 Å². The van der Waals surface area contributed by atoms with Gasteiger partial charge in [-0.1, -0.05) is 67.6 Å². The number of benzene rings is 2. The number of nitrogens with one attached hydrogen (secondary N) is 1. The molecule has 2 aliphatic heterocycles. The molecule has 2 amide bonds. The van der Waals surface area contributed by atoms with Crippen molar-refractivity contribution in [2.75, 3.05) is 13.1 Å². The largest absolute Gasteiger partial charge is 0.342 e. The van der Waals surface area contributed by atoms with Crippen molar-refractivity contribution in [1.82, 2.24) is 15.1 Å². The minimum absolute atomic E-state index is 0.163. The molecule has 0 bridgehead atoms. The molecule has 158 valence electrons. The van der Waals surface area contributed by atoms with E-state index in [-0.39, 0.29) is 23.5 Å². The van der Waals surface area contributed by atoms with Gasteiger partial charge >= 0.3 is 0 Å². The molecule has 2 heterocycles. The van der Waals surface area contributed by atoms with Gasteiger partial charge in [0.15, 0.2) is 0 Å². The van der Waals surface area contributed by atoms with E-state index >= 15 is 0 Å². The van der Waals surface area contributed by atoms with Gasteiger partial charge in [0.05, 0.1) is 11.7 Å². The van der Waals surface area contributed by atoms with E-state index in [2.05, 4.69) is 29.6 Å². The average molecular weight is 406 g/mol. The lowest BCUT2D eigenvalue weighted by Crippen LogP contribution is -2.59. The van der Waals surface area contributed by atoms with Gasteiger partial charge in [0.25, 0.3) is 0 Å². The average Bonchev–Trinajstić information content (AvgIpc) is 3.01. The second-order valence-corrected chi connectivity index (χ2v) is 8.46. The Balaban J connectivity index is 1.54. The summed E-state index contributed by atoms with van der Waals surface area (Å²) >= 11 is 0. The second kappa shape index (κ2) is 9.00. The number of rotatable bonds is 6. The number of carbonyl (C=O) groups excluding carboxylic acids is 2. The topological polar surface area (TPSA) is 52.7 Å². The lowest BCUT2D eigenvalue weighted by molar-refractivity contribution is -0.137. The van der Waals surface area contributed by atoms with E-state index < -0.39 is 0 Å². The number of nitrogens with zero attached hydrogens (tertiary/aromatic N) is 2. The van der Waals surface area contributed by atoms with Gasteiger partial charge in [0.1, 0.15) is 0 Å². The summed E-state index contributed by atoms with van der Waals surface area (Å²) in [5.41, 5.74) is 1.92. The third-order valence-corrected chi connectivity index (χ3v) is 6.40. The van der Waals surface area contributed by atoms with Gasteiger partial charge in [0.2, 0.25) is 11.8 Å². The fraction of sp³-hybridized carbons (Fsp3) is 0.440. The summed E-state index contributed by atoms with van der Waals surface area (Å²) in [4.78, 5) is 29.9. The Hall–Kier alpha value is -2.66. The van der Waals surface area contributed by atoms with Crippen molar-refractivity contribution in [3.05, 3.63) is 71.8 Å². The number of likely N-dealkylation sites (tertiary alicyclic amines) is 1. The van der Waals surface area contributed by atoms with Crippen molar-refractivity contribution in [3.63, 3.8) is 0 Å². The van der Waals surface area contributed by atoms with E-state index in [1.807, 2.05) is 53.1 Å². The van der Waals surface area contributed by atoms with E-state index in [4.69, 9.17) is 0 Å². The van der Waals surface area contributed by atoms with Crippen LogP contribution in [0, 0.1) is 0 Å². The molecule has 1 spiro atoms. The highest BCUT2D eigenvalue weighted by molar-refractivity contribution is 5.85. The van der Waals surface area contributed by atoms with Crippen LogP contribution in [0.1, 0.15) is 43.7 Å². The summed E-state index contributed by atoms with van der Waals surface area (Å²) < 4.78 is 0. The summed E-state index contributed by atoms with van der Waals surface area (Å²) in [7, 11) is 0. The summed E-state index contributed by atoms with van der Waals surface area (Å²) in [6, 6.07) is 20.1. The lowest BCUT2D eigenvalue weighted by Gasteiger charge is -2.44. The molecule has 0 aliphatic carbocycles. The first-order valence-corrected chi connectivity index (χ1v) is 11.1. The van der Waals surface area contributed by atoms with Crippen LogP contribution in [0.3, 0.4) is 0 Å². The summed E-state index contributed by atoms with van der Waals surface area (Å²) in [6.45, 7) is 4.03. The number of piperidine rings is 1. The molecule has 0 saturated carbocycles. The van der Waals surface area contributed by atoms with Crippen molar-refractivity contribution in [1.29, 1.82) is 0 Å². The molecule has 0 unspecified atom stereocenters. The molecular formula is C25H31N3O2. The van der Waals surface area contributed by atoms with E-state index in [1.165, 1.54) is 0 Å². The summed E-state index contributed by atoms with van der Waals surface area (Å²) in [5, 5.41) is 3.70. The maximum atomic E-state index is 13.5. The Kier molecular flexibility index (Phi) is 6.18. The smallest absolute Gasteiger partial charge is 0.241 e. The van der Waals surface area contributed by atoms with Crippen molar-refractivity contribution in [3.8, 4) is 0 Å². The molecule has 2 aromatic rings. The van der Waals surface area contributed by atoms with Crippen LogP contribution in [0.2, 0.25) is 0 Å². The highest BCUT2D eigenvalue weighted by Gasteiger charge is 2.51. The molecule has 2 saturated heterocycles. The monoisotopic (exact) mass is 405 g/mol. The van der Waals surface area contributed by atoms with Crippen LogP contribution >= 0.6 is 0 Å². The minimum Gasteiger partial charge on any atom is -0.342 e. The van der Waals surface area contributed by atoms with E-state index in [0.717, 1.165) is 30.4 Å². The van der Waals surface area contributed by atoms with Crippen LogP contribution < -0.4 is 5.32 Å². The predicted octanol–water partition coefficient (Wildman–Crippen LogP) is 3.35. The van der Waals surface area contributed by atoms with Gasteiger partial charge in [0, 0.05) is 38.9 Å². The summed E-state index contributed by atoms with van der Waals surface area (Å²) in [5.74, 6) is 0.392. The zero-order valence-corrected chi connectivity index (χ0v) is 17.7. The van der Waals surface area contributed by atoms with Crippen molar-refractivity contribution >= 4 is 11.8 Å². The molecule has 5 heteroatoms. The highest BCUT2D eigenvalue weighted by atomic mass is 16.2. The van der Waals surface area contributed by atoms with Gasteiger partial charge in [-0.2, -0.15) is 0 Å². The fourth-order valence-corrected chi connectivity index (χ4v) is 4.76. The lowest BCUT2D eigenvalue weighted by atomic mass is 9.95. The van der Waals surface area contributed by atoms with Crippen LogP contribution in [0.15, 0.2) is 60.7 Å². The fourth-order valence-electron chi connectivity index (χ4n) is 4.76. The predicted molar refractivity (Wildman–Crippen MR) is 118 cm³/mol. The molecule has 0 radical (unpaired) electrons. The third kappa shape index (κ3) is 4.26. The maximum absolute atomic E-state index is 13.5. The highest BCUT2D eigenvalue weighted by Crippen LogP contribution is 2.35. The van der Waals surface area contributed by atoms with Gasteiger partial charge in [-0.25, -0.2) is 0 Å². The molecule has 2 fully saturated rings. The number of hydrogen-bond acceptors (Lipinski definition) is 3. The zero-order valence-electron chi connectivity index (χ0n) is 17.7. The standard InChI is InChI=1S/C25H31N3O2/c1-2-9-23(29)27-16-14-25(15-17-27)26-22(18-20-10-5-3-6-11-20)24(30)28(25)19-21-12-7-4-8-13-21/h3-8,10-13,22,26H,2,9,14-19H2,1H3/t22-/m0/s1. The molecule has 2 aliphatic rings. The second-order valence-electron chi connectivity index (χ2n) is 8.46. The van der Waals surface area contributed by atoms with Gasteiger partial charge in [-0.15, -0.1) is 0 Å². The number of hydrogen-bond donors (Lipinski definition) is 1. The molecule has 5 nitrogen and oxygen atoms in total. The first-order chi connectivity index (χ1) is 14.6. The molecular weight excluding hydrogens is 374 g/mol. The SMILES string of the molecule is CCCC(=O)N1CCC2(CC1)N[C@@H](Cc1ccccc1)C(=O)N2Cc1ccccc1. The molecule has 2 aromatic carbocycles. The molecule has 30 heavy (non-hydrogen) atoms.